The number of nitrogens with one attached hydrogen (secondary N) is 1. The molecule has 2 aromatic rings. The minimum atomic E-state index is 0.658. The molecule has 0 bridgehead atoms. The Morgan fingerprint density at radius 1 is 1.32 bits per heavy atom. The number of aryl methyl sites for hydroxylation is 1. The number of aromatic nitrogens is 2. The zero-order valence-electron chi connectivity index (χ0n) is 11.4. The molecule has 0 aliphatic heterocycles. The lowest BCUT2D eigenvalue weighted by atomic mass is 10.1. The van der Waals surface area contributed by atoms with Gasteiger partial charge < -0.3 is 5.32 Å². The van der Waals surface area contributed by atoms with Crippen LogP contribution >= 0.6 is 33.9 Å². The van der Waals surface area contributed by atoms with Crippen LogP contribution in [0.25, 0.3) is 10.6 Å². The Bertz CT molecular complexity index is 551. The Balaban J connectivity index is 2.10. The Kier molecular flexibility index (Phi) is 5.29. The van der Waals surface area contributed by atoms with Gasteiger partial charge in [0.2, 0.25) is 0 Å². The summed E-state index contributed by atoms with van der Waals surface area (Å²) in [4.78, 5) is 0. The lowest BCUT2D eigenvalue weighted by Gasteiger charge is -2.04. The monoisotopic (exact) mass is 387 g/mol. The highest BCUT2D eigenvalue weighted by Gasteiger charge is 2.10. The second kappa shape index (κ2) is 6.76. The summed E-state index contributed by atoms with van der Waals surface area (Å²) in [5, 5.41) is 14.0. The molecule has 1 N–H and O–H groups in total. The highest BCUT2D eigenvalue weighted by molar-refractivity contribution is 14.1. The standard InChI is InChI=1S/C14H18IN3S/c1-9(2)7-16-8-12-17-18-14(19-12)11-6-4-5-10(3)13(11)15/h4-6,9,16H,7-8H2,1-3H3. The third kappa shape index (κ3) is 3.97. The summed E-state index contributed by atoms with van der Waals surface area (Å²) in [6.45, 7) is 8.34. The zero-order valence-corrected chi connectivity index (χ0v) is 14.4. The molecule has 2 rings (SSSR count). The average Bonchev–Trinajstić information content (AvgIpc) is 2.81. The second-order valence-corrected chi connectivity index (χ2v) is 7.10. The van der Waals surface area contributed by atoms with Gasteiger partial charge in [-0.1, -0.05) is 43.4 Å². The first-order chi connectivity index (χ1) is 9.08. The van der Waals surface area contributed by atoms with Gasteiger partial charge in [-0.2, -0.15) is 0 Å². The lowest BCUT2D eigenvalue weighted by molar-refractivity contribution is 0.550. The third-order valence-electron chi connectivity index (χ3n) is 2.72. The smallest absolute Gasteiger partial charge is 0.148 e. The van der Waals surface area contributed by atoms with Crippen LogP contribution in [-0.4, -0.2) is 16.7 Å². The topological polar surface area (TPSA) is 37.8 Å². The number of halogens is 1. The van der Waals surface area contributed by atoms with Crippen LogP contribution in [0.3, 0.4) is 0 Å². The van der Waals surface area contributed by atoms with Crippen LogP contribution in [0.15, 0.2) is 18.2 Å². The molecule has 0 saturated heterocycles. The highest BCUT2D eigenvalue weighted by atomic mass is 127. The van der Waals surface area contributed by atoms with E-state index in [1.165, 1.54) is 14.7 Å². The molecule has 1 heterocycles. The van der Waals surface area contributed by atoms with Crippen LogP contribution in [-0.2, 0) is 6.54 Å². The minimum Gasteiger partial charge on any atom is -0.310 e. The van der Waals surface area contributed by atoms with Gasteiger partial charge in [0, 0.05) is 15.7 Å². The summed E-state index contributed by atoms with van der Waals surface area (Å²) < 4.78 is 1.26. The van der Waals surface area contributed by atoms with Gasteiger partial charge in [0.25, 0.3) is 0 Å². The average molecular weight is 387 g/mol. The van der Waals surface area contributed by atoms with Crippen molar-refractivity contribution < 1.29 is 0 Å². The van der Waals surface area contributed by atoms with Crippen molar-refractivity contribution in [2.45, 2.75) is 27.3 Å². The number of rotatable bonds is 5. The maximum Gasteiger partial charge on any atom is 0.148 e. The molecule has 102 valence electrons. The fourth-order valence-corrected chi connectivity index (χ4v) is 3.35. The summed E-state index contributed by atoms with van der Waals surface area (Å²) in [6, 6.07) is 6.31. The molecule has 19 heavy (non-hydrogen) atoms. The maximum absolute atomic E-state index is 4.31. The Morgan fingerprint density at radius 3 is 2.84 bits per heavy atom. The molecular weight excluding hydrogens is 369 g/mol. The molecule has 0 atom stereocenters. The molecular formula is C14H18IN3S. The van der Waals surface area contributed by atoms with Crippen molar-refractivity contribution >= 4 is 33.9 Å². The predicted octanol–water partition coefficient (Wildman–Crippen LogP) is 3.86. The van der Waals surface area contributed by atoms with Crippen molar-refractivity contribution in [1.82, 2.24) is 15.5 Å². The van der Waals surface area contributed by atoms with Crippen LogP contribution in [0.2, 0.25) is 0 Å². The van der Waals surface area contributed by atoms with Gasteiger partial charge in [0.1, 0.15) is 10.0 Å². The van der Waals surface area contributed by atoms with Gasteiger partial charge in [0.15, 0.2) is 0 Å². The Labute approximate surface area is 132 Å². The van der Waals surface area contributed by atoms with E-state index >= 15 is 0 Å². The van der Waals surface area contributed by atoms with E-state index < -0.39 is 0 Å². The van der Waals surface area contributed by atoms with E-state index in [2.05, 4.69) is 77.1 Å². The molecule has 0 aliphatic rings. The Morgan fingerprint density at radius 2 is 2.11 bits per heavy atom. The van der Waals surface area contributed by atoms with Crippen molar-refractivity contribution in [3.05, 3.63) is 32.3 Å². The van der Waals surface area contributed by atoms with E-state index in [1.54, 1.807) is 11.3 Å². The molecule has 1 aromatic heterocycles. The molecule has 0 spiro atoms. The number of hydrogen-bond acceptors (Lipinski definition) is 4. The van der Waals surface area contributed by atoms with Crippen molar-refractivity contribution in [1.29, 1.82) is 0 Å². The van der Waals surface area contributed by atoms with Crippen LogP contribution in [0.5, 0.6) is 0 Å². The molecule has 3 nitrogen and oxygen atoms in total. The summed E-state index contributed by atoms with van der Waals surface area (Å²) in [5.41, 5.74) is 2.47. The van der Waals surface area contributed by atoms with E-state index in [1.807, 2.05) is 0 Å². The predicted molar refractivity (Wildman–Crippen MR) is 89.3 cm³/mol. The first-order valence-corrected chi connectivity index (χ1v) is 8.26. The second-order valence-electron chi connectivity index (χ2n) is 4.96. The largest absolute Gasteiger partial charge is 0.310 e. The first-order valence-electron chi connectivity index (χ1n) is 6.36. The van der Waals surface area contributed by atoms with Crippen LogP contribution in [0, 0.1) is 16.4 Å². The molecule has 0 unspecified atom stereocenters. The van der Waals surface area contributed by atoms with Gasteiger partial charge >= 0.3 is 0 Å². The van der Waals surface area contributed by atoms with Crippen molar-refractivity contribution in [3.8, 4) is 10.6 Å². The maximum atomic E-state index is 4.31. The zero-order chi connectivity index (χ0) is 13.8. The molecule has 5 heteroatoms. The number of hydrogen-bond donors (Lipinski definition) is 1. The van der Waals surface area contributed by atoms with Crippen LogP contribution in [0.1, 0.15) is 24.4 Å². The molecule has 0 radical (unpaired) electrons. The third-order valence-corrected chi connectivity index (χ3v) is 5.11. The molecule has 0 aliphatic carbocycles. The summed E-state index contributed by atoms with van der Waals surface area (Å²) in [6.07, 6.45) is 0. The SMILES string of the molecule is Cc1cccc(-c2nnc(CNCC(C)C)s2)c1I. The van der Waals surface area contributed by atoms with E-state index in [0.717, 1.165) is 23.1 Å². The van der Waals surface area contributed by atoms with Crippen LogP contribution in [0.4, 0.5) is 0 Å². The van der Waals surface area contributed by atoms with Gasteiger partial charge in [-0.15, -0.1) is 10.2 Å². The van der Waals surface area contributed by atoms with Crippen molar-refractivity contribution in [3.63, 3.8) is 0 Å². The van der Waals surface area contributed by atoms with Crippen LogP contribution < -0.4 is 5.32 Å². The fraction of sp³-hybridized carbons (Fsp3) is 0.429. The fourth-order valence-electron chi connectivity index (χ4n) is 1.71. The van der Waals surface area contributed by atoms with E-state index in [4.69, 9.17) is 0 Å². The quantitative estimate of drug-likeness (QED) is 0.792. The van der Waals surface area contributed by atoms with Gasteiger partial charge in [0.05, 0.1) is 0 Å². The number of nitrogens with zero attached hydrogens (tertiary/aromatic N) is 2. The lowest BCUT2D eigenvalue weighted by Crippen LogP contribution is -2.18. The normalized spacial score (nSPS) is 11.2. The molecule has 0 fully saturated rings. The van der Waals surface area contributed by atoms with E-state index in [9.17, 15) is 0 Å². The first kappa shape index (κ1) is 14.9. The van der Waals surface area contributed by atoms with E-state index in [-0.39, 0.29) is 0 Å². The van der Waals surface area contributed by atoms with E-state index in [0.29, 0.717) is 5.92 Å². The summed E-state index contributed by atoms with van der Waals surface area (Å²) in [5.74, 6) is 0.658. The minimum absolute atomic E-state index is 0.658. The summed E-state index contributed by atoms with van der Waals surface area (Å²) >= 11 is 4.05. The molecule has 0 amide bonds. The molecule has 0 saturated carbocycles. The highest BCUT2D eigenvalue weighted by Crippen LogP contribution is 2.29. The Hall–Kier alpha value is -0.530. The van der Waals surface area contributed by atoms with Gasteiger partial charge in [-0.05, 0) is 47.5 Å². The van der Waals surface area contributed by atoms with Crippen molar-refractivity contribution in [2.24, 2.45) is 5.92 Å². The number of benzene rings is 1. The van der Waals surface area contributed by atoms with Crippen molar-refractivity contribution in [2.75, 3.05) is 6.54 Å². The summed E-state index contributed by atoms with van der Waals surface area (Å²) in [7, 11) is 0. The van der Waals surface area contributed by atoms with Gasteiger partial charge in [-0.3, -0.25) is 0 Å². The van der Waals surface area contributed by atoms with Gasteiger partial charge in [-0.25, -0.2) is 0 Å². The molecule has 1 aromatic carbocycles.